The number of benzene rings is 1. The van der Waals surface area contributed by atoms with Crippen LogP contribution in [0.25, 0.3) is 0 Å². The lowest BCUT2D eigenvalue weighted by Crippen LogP contribution is -2.17. The molecule has 0 spiro atoms. The van der Waals surface area contributed by atoms with Gasteiger partial charge < -0.3 is 4.74 Å². The molecule has 7 heteroatoms. The van der Waals surface area contributed by atoms with Crippen molar-refractivity contribution >= 4 is 21.8 Å². The third-order valence-corrected chi connectivity index (χ3v) is 3.37. The predicted octanol–water partition coefficient (Wildman–Crippen LogP) is 1.52. The first kappa shape index (κ1) is 14.5. The van der Waals surface area contributed by atoms with Crippen LogP contribution in [0.5, 0.6) is 0 Å². The van der Waals surface area contributed by atoms with Crippen molar-refractivity contribution in [2.75, 3.05) is 11.9 Å². The summed E-state index contributed by atoms with van der Waals surface area (Å²) in [5.41, 5.74) is 1.85. The molecule has 100 valence electrons. The maximum absolute atomic E-state index is 11.3. The summed E-state index contributed by atoms with van der Waals surface area (Å²) in [5, 5.41) is 7.55. The minimum atomic E-state index is -3.80. The van der Waals surface area contributed by atoms with Gasteiger partial charge in [-0.15, -0.1) is 0 Å². The second-order valence-electron chi connectivity index (χ2n) is 3.80. The Bertz CT molecular complexity index is 567. The van der Waals surface area contributed by atoms with Crippen LogP contribution in [-0.4, -0.2) is 21.1 Å². The smallest absolute Gasteiger partial charge is 0.411 e. The molecular formula is C11H16N2O4S. The summed E-state index contributed by atoms with van der Waals surface area (Å²) < 4.78 is 27.3. The molecule has 18 heavy (non-hydrogen) atoms. The molecule has 6 nitrogen and oxygen atoms in total. The van der Waals surface area contributed by atoms with Crippen LogP contribution in [0.1, 0.15) is 18.1 Å². The molecule has 1 amide bonds. The fourth-order valence-corrected chi connectivity index (χ4v) is 2.02. The lowest BCUT2D eigenvalue weighted by molar-refractivity contribution is 0.168. The summed E-state index contributed by atoms with van der Waals surface area (Å²) in [6.45, 7) is 5.42. The average molecular weight is 272 g/mol. The number of nitrogens with one attached hydrogen (secondary N) is 1. The summed E-state index contributed by atoms with van der Waals surface area (Å²) in [6.07, 6.45) is -0.633. The minimum absolute atomic E-state index is 0.0441. The number of nitrogens with two attached hydrogens (primary N) is 1. The monoisotopic (exact) mass is 272 g/mol. The molecule has 0 unspecified atom stereocenters. The molecule has 0 aliphatic carbocycles. The van der Waals surface area contributed by atoms with Crippen molar-refractivity contribution in [3.05, 3.63) is 23.3 Å². The first-order chi connectivity index (χ1) is 8.25. The molecule has 1 aromatic rings. The Hall–Kier alpha value is -1.60. The number of aryl methyl sites for hydroxylation is 1. The zero-order valence-corrected chi connectivity index (χ0v) is 11.3. The van der Waals surface area contributed by atoms with Crippen LogP contribution in [0, 0.1) is 13.8 Å². The Morgan fingerprint density at radius 2 is 2.00 bits per heavy atom. The summed E-state index contributed by atoms with van der Waals surface area (Å²) >= 11 is 0. The highest BCUT2D eigenvalue weighted by molar-refractivity contribution is 7.89. The van der Waals surface area contributed by atoms with Crippen molar-refractivity contribution < 1.29 is 17.9 Å². The summed E-state index contributed by atoms with van der Waals surface area (Å²) in [5.74, 6) is 0. The van der Waals surface area contributed by atoms with Crippen LogP contribution in [0.4, 0.5) is 10.5 Å². The Balaban J connectivity index is 3.19. The van der Waals surface area contributed by atoms with Gasteiger partial charge in [0.15, 0.2) is 0 Å². The van der Waals surface area contributed by atoms with Gasteiger partial charge in [-0.1, -0.05) is 0 Å². The van der Waals surface area contributed by atoms with E-state index in [2.05, 4.69) is 5.32 Å². The Morgan fingerprint density at radius 1 is 1.39 bits per heavy atom. The third-order valence-electron chi connectivity index (χ3n) is 2.48. The van der Waals surface area contributed by atoms with Crippen molar-refractivity contribution in [3.63, 3.8) is 0 Å². The molecule has 0 bridgehead atoms. The van der Waals surface area contributed by atoms with Gasteiger partial charge in [0.1, 0.15) is 0 Å². The molecule has 1 rings (SSSR count). The molecule has 0 radical (unpaired) electrons. The molecule has 0 aliphatic rings. The standard InChI is InChI=1S/C11H16N2O4S/c1-4-17-11(14)13-10-6-9(18(12,15)16)5-7(2)8(10)3/h5-6H,4H2,1-3H3,(H,13,14)(H2,12,15,16). The number of carbonyl (C=O) groups is 1. The van der Waals surface area contributed by atoms with Crippen LogP contribution in [0.2, 0.25) is 0 Å². The number of hydrogen-bond acceptors (Lipinski definition) is 4. The SMILES string of the molecule is CCOC(=O)Nc1cc(S(N)(=O)=O)cc(C)c1C. The van der Waals surface area contributed by atoms with Crippen molar-refractivity contribution in [1.82, 2.24) is 0 Å². The quantitative estimate of drug-likeness (QED) is 0.871. The number of primary sulfonamides is 1. The van der Waals surface area contributed by atoms with Gasteiger partial charge in [-0.2, -0.15) is 0 Å². The molecule has 3 N–H and O–H groups in total. The van der Waals surface area contributed by atoms with Gasteiger partial charge in [0, 0.05) is 5.69 Å². The van der Waals surface area contributed by atoms with Crippen molar-refractivity contribution in [3.8, 4) is 0 Å². The lowest BCUT2D eigenvalue weighted by atomic mass is 10.1. The molecule has 0 aromatic heterocycles. The summed E-state index contributed by atoms with van der Waals surface area (Å²) in [7, 11) is -3.80. The summed E-state index contributed by atoms with van der Waals surface area (Å²) in [4.78, 5) is 11.3. The minimum Gasteiger partial charge on any atom is -0.450 e. The number of amides is 1. The maximum atomic E-state index is 11.3. The average Bonchev–Trinajstić information content (AvgIpc) is 2.23. The highest BCUT2D eigenvalue weighted by atomic mass is 32.2. The molecule has 0 aliphatic heterocycles. The van der Waals surface area contributed by atoms with E-state index in [-0.39, 0.29) is 11.5 Å². The van der Waals surface area contributed by atoms with Gasteiger partial charge in [-0.3, -0.25) is 5.32 Å². The van der Waals surface area contributed by atoms with E-state index >= 15 is 0 Å². The number of carbonyl (C=O) groups excluding carboxylic acids is 1. The fourth-order valence-electron chi connectivity index (χ4n) is 1.40. The van der Waals surface area contributed by atoms with E-state index in [1.807, 2.05) is 0 Å². The zero-order valence-electron chi connectivity index (χ0n) is 10.5. The van der Waals surface area contributed by atoms with E-state index in [1.165, 1.54) is 12.1 Å². The second-order valence-corrected chi connectivity index (χ2v) is 5.36. The van der Waals surface area contributed by atoms with Crippen LogP contribution in [0.15, 0.2) is 17.0 Å². The third kappa shape index (κ3) is 3.44. The van der Waals surface area contributed by atoms with Crippen LogP contribution >= 0.6 is 0 Å². The van der Waals surface area contributed by atoms with E-state index in [1.54, 1.807) is 20.8 Å². The number of anilines is 1. The first-order valence-electron chi connectivity index (χ1n) is 5.33. The zero-order chi connectivity index (χ0) is 13.9. The van der Waals surface area contributed by atoms with Gasteiger partial charge in [-0.05, 0) is 44.0 Å². The van der Waals surface area contributed by atoms with E-state index < -0.39 is 16.1 Å². The van der Waals surface area contributed by atoms with Crippen LogP contribution in [-0.2, 0) is 14.8 Å². The van der Waals surface area contributed by atoms with Gasteiger partial charge in [0.05, 0.1) is 11.5 Å². The fraction of sp³-hybridized carbons (Fsp3) is 0.364. The molecule has 0 heterocycles. The largest absolute Gasteiger partial charge is 0.450 e. The van der Waals surface area contributed by atoms with E-state index in [0.29, 0.717) is 11.3 Å². The molecule has 0 atom stereocenters. The molecule has 0 saturated carbocycles. The lowest BCUT2D eigenvalue weighted by Gasteiger charge is -2.12. The normalized spacial score (nSPS) is 11.1. The molecule has 0 fully saturated rings. The predicted molar refractivity (Wildman–Crippen MR) is 67.9 cm³/mol. The number of hydrogen-bond donors (Lipinski definition) is 2. The van der Waals surface area contributed by atoms with Crippen molar-refractivity contribution in [2.45, 2.75) is 25.7 Å². The van der Waals surface area contributed by atoms with Crippen LogP contribution in [0.3, 0.4) is 0 Å². The van der Waals surface area contributed by atoms with E-state index in [9.17, 15) is 13.2 Å². The highest BCUT2D eigenvalue weighted by Crippen LogP contribution is 2.23. The maximum Gasteiger partial charge on any atom is 0.411 e. The Labute approximate surface area is 106 Å². The number of ether oxygens (including phenoxy) is 1. The molecular weight excluding hydrogens is 256 g/mol. The Kier molecular flexibility index (Phi) is 4.31. The molecule has 1 aromatic carbocycles. The van der Waals surface area contributed by atoms with Crippen molar-refractivity contribution in [1.29, 1.82) is 0 Å². The van der Waals surface area contributed by atoms with E-state index in [0.717, 1.165) is 5.56 Å². The van der Waals surface area contributed by atoms with E-state index in [4.69, 9.17) is 9.88 Å². The van der Waals surface area contributed by atoms with Crippen LogP contribution < -0.4 is 10.5 Å². The van der Waals surface area contributed by atoms with Gasteiger partial charge >= 0.3 is 6.09 Å². The topological polar surface area (TPSA) is 98.5 Å². The first-order valence-corrected chi connectivity index (χ1v) is 6.88. The van der Waals surface area contributed by atoms with Gasteiger partial charge in [0.25, 0.3) is 0 Å². The van der Waals surface area contributed by atoms with Crippen molar-refractivity contribution in [2.24, 2.45) is 5.14 Å². The highest BCUT2D eigenvalue weighted by Gasteiger charge is 2.14. The van der Waals surface area contributed by atoms with Gasteiger partial charge in [0.2, 0.25) is 10.0 Å². The summed E-state index contributed by atoms with van der Waals surface area (Å²) in [6, 6.07) is 2.77. The Morgan fingerprint density at radius 3 is 2.50 bits per heavy atom. The molecule has 0 saturated heterocycles. The number of sulfonamides is 1. The number of rotatable bonds is 3. The van der Waals surface area contributed by atoms with Gasteiger partial charge in [-0.25, -0.2) is 18.4 Å². The second kappa shape index (κ2) is 5.36.